The summed E-state index contributed by atoms with van der Waals surface area (Å²) in [5.41, 5.74) is -0.683. The summed E-state index contributed by atoms with van der Waals surface area (Å²) in [6, 6.07) is 2.72. The number of aromatic carboxylic acids is 1. The van der Waals surface area contributed by atoms with E-state index < -0.39 is 11.6 Å². The molecule has 4 nitrogen and oxygen atoms in total. The van der Waals surface area contributed by atoms with Gasteiger partial charge in [0, 0.05) is 12.3 Å². The Bertz CT molecular complexity index is 418. The molecular weight excluding hydrogens is 194 g/mol. The van der Waals surface area contributed by atoms with Crippen LogP contribution in [0.3, 0.4) is 0 Å². The second-order valence-electron chi connectivity index (χ2n) is 3.44. The van der Waals surface area contributed by atoms with Crippen LogP contribution in [0.15, 0.2) is 18.3 Å². The van der Waals surface area contributed by atoms with Gasteiger partial charge < -0.3 is 9.84 Å². The third-order valence-corrected chi connectivity index (χ3v) is 1.69. The van der Waals surface area contributed by atoms with Crippen LogP contribution in [0, 0.1) is 12.3 Å². The minimum Gasteiger partial charge on any atom is -0.478 e. The number of ether oxygens (including phenoxy) is 1. The molecule has 1 heterocycles. The van der Waals surface area contributed by atoms with E-state index in [9.17, 15) is 4.79 Å². The van der Waals surface area contributed by atoms with Crippen molar-refractivity contribution in [3.63, 3.8) is 0 Å². The topological polar surface area (TPSA) is 59.4 Å². The molecule has 0 bridgehead atoms. The monoisotopic (exact) mass is 205 g/mol. The lowest BCUT2D eigenvalue weighted by molar-refractivity contribution is 0.0695. The molecule has 1 rings (SSSR count). The highest BCUT2D eigenvalue weighted by Gasteiger charge is 2.17. The maximum Gasteiger partial charge on any atom is 0.335 e. The second kappa shape index (κ2) is 4.01. The van der Waals surface area contributed by atoms with Crippen LogP contribution in [0.1, 0.15) is 24.2 Å². The minimum absolute atomic E-state index is 0.118. The molecule has 0 aliphatic carbocycles. The van der Waals surface area contributed by atoms with Crippen LogP contribution in [0.5, 0.6) is 5.88 Å². The number of pyridine rings is 1. The highest BCUT2D eigenvalue weighted by Crippen LogP contribution is 2.16. The van der Waals surface area contributed by atoms with E-state index in [1.54, 1.807) is 13.8 Å². The van der Waals surface area contributed by atoms with Gasteiger partial charge in [0.25, 0.3) is 0 Å². The van der Waals surface area contributed by atoms with Gasteiger partial charge in [-0.25, -0.2) is 9.78 Å². The van der Waals surface area contributed by atoms with Crippen molar-refractivity contribution in [3.05, 3.63) is 23.9 Å². The number of aromatic nitrogens is 1. The summed E-state index contributed by atoms with van der Waals surface area (Å²) in [5.74, 6) is 1.61. The normalized spacial score (nSPS) is 10.5. The fraction of sp³-hybridized carbons (Fsp3) is 0.273. The van der Waals surface area contributed by atoms with E-state index in [4.69, 9.17) is 16.3 Å². The summed E-state index contributed by atoms with van der Waals surface area (Å²) < 4.78 is 5.33. The maximum absolute atomic E-state index is 10.7. The SMILES string of the molecule is C#CC(C)(C)Oc1cc(C(=O)O)ccn1. The van der Waals surface area contributed by atoms with Gasteiger partial charge >= 0.3 is 5.97 Å². The molecule has 15 heavy (non-hydrogen) atoms. The fourth-order valence-corrected chi connectivity index (χ4v) is 0.889. The van der Waals surface area contributed by atoms with E-state index in [-0.39, 0.29) is 11.4 Å². The number of hydrogen-bond donors (Lipinski definition) is 1. The standard InChI is InChI=1S/C11H11NO3/c1-4-11(2,3)15-9-7-8(10(13)14)5-6-12-9/h1,5-7H,2-3H3,(H,13,14). The number of rotatable bonds is 3. The Morgan fingerprint density at radius 3 is 2.87 bits per heavy atom. The number of terminal acetylenes is 1. The summed E-state index contributed by atoms with van der Waals surface area (Å²) in [7, 11) is 0. The molecular formula is C11H11NO3. The van der Waals surface area contributed by atoms with Crippen LogP contribution < -0.4 is 4.74 Å². The molecule has 0 atom stereocenters. The number of carbonyl (C=O) groups is 1. The van der Waals surface area contributed by atoms with Crippen molar-refractivity contribution in [1.82, 2.24) is 4.98 Å². The fourth-order valence-electron chi connectivity index (χ4n) is 0.889. The molecule has 0 radical (unpaired) electrons. The third kappa shape index (κ3) is 2.99. The smallest absolute Gasteiger partial charge is 0.335 e. The van der Waals surface area contributed by atoms with Crippen molar-refractivity contribution < 1.29 is 14.6 Å². The van der Waals surface area contributed by atoms with E-state index in [2.05, 4.69) is 10.9 Å². The van der Waals surface area contributed by atoms with Gasteiger partial charge in [0.15, 0.2) is 5.60 Å². The first kappa shape index (κ1) is 11.1. The van der Waals surface area contributed by atoms with Gasteiger partial charge in [-0.1, -0.05) is 5.92 Å². The largest absolute Gasteiger partial charge is 0.478 e. The number of carboxylic acids is 1. The van der Waals surface area contributed by atoms with Gasteiger partial charge in [-0.15, -0.1) is 6.42 Å². The Hall–Kier alpha value is -2.02. The van der Waals surface area contributed by atoms with Crippen molar-refractivity contribution >= 4 is 5.97 Å². The molecule has 0 aliphatic rings. The van der Waals surface area contributed by atoms with Gasteiger partial charge in [0.2, 0.25) is 5.88 Å². The van der Waals surface area contributed by atoms with Crippen LogP contribution in [-0.4, -0.2) is 21.7 Å². The molecule has 0 spiro atoms. The summed E-state index contributed by atoms with van der Waals surface area (Å²) in [6.45, 7) is 3.39. The summed E-state index contributed by atoms with van der Waals surface area (Å²) in [5, 5.41) is 8.74. The van der Waals surface area contributed by atoms with E-state index >= 15 is 0 Å². The van der Waals surface area contributed by atoms with Crippen molar-refractivity contribution in [3.8, 4) is 18.2 Å². The lowest BCUT2D eigenvalue weighted by Gasteiger charge is -2.19. The average Bonchev–Trinajstić information content (AvgIpc) is 2.17. The Kier molecular flexibility index (Phi) is 2.96. The molecule has 1 aromatic rings. The molecule has 0 amide bonds. The Labute approximate surface area is 87.9 Å². The highest BCUT2D eigenvalue weighted by atomic mass is 16.5. The molecule has 0 aromatic carbocycles. The van der Waals surface area contributed by atoms with Gasteiger partial charge in [-0.2, -0.15) is 0 Å². The van der Waals surface area contributed by atoms with Crippen LogP contribution in [-0.2, 0) is 0 Å². The molecule has 1 N–H and O–H groups in total. The van der Waals surface area contributed by atoms with Gasteiger partial charge in [0.1, 0.15) is 0 Å². The van der Waals surface area contributed by atoms with Crippen molar-refractivity contribution in [2.45, 2.75) is 19.4 Å². The molecule has 1 aromatic heterocycles. The Morgan fingerprint density at radius 2 is 2.33 bits per heavy atom. The first-order valence-electron chi connectivity index (χ1n) is 4.31. The molecule has 4 heteroatoms. The summed E-state index contributed by atoms with van der Waals surface area (Å²) >= 11 is 0. The predicted molar refractivity (Wildman–Crippen MR) is 54.7 cm³/mol. The maximum atomic E-state index is 10.7. The number of nitrogens with zero attached hydrogens (tertiary/aromatic N) is 1. The van der Waals surface area contributed by atoms with Crippen LogP contribution in [0.2, 0.25) is 0 Å². The van der Waals surface area contributed by atoms with Crippen LogP contribution in [0.4, 0.5) is 0 Å². The first-order chi connectivity index (χ1) is 6.94. The van der Waals surface area contributed by atoms with Crippen molar-refractivity contribution in [2.75, 3.05) is 0 Å². The zero-order valence-electron chi connectivity index (χ0n) is 8.52. The minimum atomic E-state index is -1.03. The second-order valence-corrected chi connectivity index (χ2v) is 3.44. The Balaban J connectivity index is 2.93. The zero-order valence-corrected chi connectivity index (χ0v) is 8.52. The molecule has 0 aliphatic heterocycles. The highest BCUT2D eigenvalue weighted by molar-refractivity contribution is 5.87. The molecule has 0 saturated heterocycles. The van der Waals surface area contributed by atoms with Crippen LogP contribution in [0.25, 0.3) is 0 Å². The van der Waals surface area contributed by atoms with Gasteiger partial charge in [-0.3, -0.25) is 0 Å². The lowest BCUT2D eigenvalue weighted by Crippen LogP contribution is -2.26. The van der Waals surface area contributed by atoms with Gasteiger partial charge in [0.05, 0.1) is 5.56 Å². The first-order valence-corrected chi connectivity index (χ1v) is 4.31. The number of carboxylic acid groups (broad SMARTS) is 1. The van der Waals surface area contributed by atoms with Gasteiger partial charge in [-0.05, 0) is 19.9 Å². The van der Waals surface area contributed by atoms with Crippen molar-refractivity contribution in [1.29, 1.82) is 0 Å². The zero-order chi connectivity index (χ0) is 11.5. The average molecular weight is 205 g/mol. The molecule has 0 unspecified atom stereocenters. The lowest BCUT2D eigenvalue weighted by atomic mass is 10.1. The summed E-state index contributed by atoms with van der Waals surface area (Å²) in [6.07, 6.45) is 6.60. The molecule has 78 valence electrons. The van der Waals surface area contributed by atoms with E-state index in [1.807, 2.05) is 0 Å². The van der Waals surface area contributed by atoms with E-state index in [0.717, 1.165) is 0 Å². The Morgan fingerprint density at radius 1 is 1.67 bits per heavy atom. The summed E-state index contributed by atoms with van der Waals surface area (Å²) in [4.78, 5) is 14.5. The van der Waals surface area contributed by atoms with E-state index in [0.29, 0.717) is 0 Å². The number of hydrogen-bond acceptors (Lipinski definition) is 3. The third-order valence-electron chi connectivity index (χ3n) is 1.69. The van der Waals surface area contributed by atoms with Crippen molar-refractivity contribution in [2.24, 2.45) is 0 Å². The van der Waals surface area contributed by atoms with Crippen LogP contribution >= 0.6 is 0 Å². The predicted octanol–water partition coefficient (Wildman–Crippen LogP) is 1.57. The quantitative estimate of drug-likeness (QED) is 0.761. The van der Waals surface area contributed by atoms with E-state index in [1.165, 1.54) is 18.3 Å². The molecule has 0 saturated carbocycles. The molecule has 0 fully saturated rings.